The van der Waals surface area contributed by atoms with Crippen LogP contribution in [0.2, 0.25) is 0 Å². The van der Waals surface area contributed by atoms with E-state index in [9.17, 15) is 54.6 Å². The maximum Gasteiger partial charge on any atom is 0.338 e. The second kappa shape index (κ2) is 14.7. The molecule has 0 unspecified atom stereocenters. The zero-order valence-electron chi connectivity index (χ0n) is 24.9. The van der Waals surface area contributed by atoms with E-state index in [2.05, 4.69) is 4.74 Å². The summed E-state index contributed by atoms with van der Waals surface area (Å²) >= 11 is 0. The van der Waals surface area contributed by atoms with Crippen molar-refractivity contribution in [2.45, 2.75) is 55.7 Å². The van der Waals surface area contributed by atoms with Crippen molar-refractivity contribution in [2.75, 3.05) is 7.11 Å². The molecule has 0 spiro atoms. The molecule has 7 N–H and O–H groups in total. The van der Waals surface area contributed by atoms with Crippen LogP contribution in [-0.4, -0.2) is 102 Å². The van der Waals surface area contributed by atoms with Crippen molar-refractivity contribution in [1.82, 2.24) is 0 Å². The summed E-state index contributed by atoms with van der Waals surface area (Å²) in [6.07, 6.45) is -3.96. The number of carboxylic acid groups (broad SMARTS) is 1. The number of aromatic hydroxyl groups is 4. The van der Waals surface area contributed by atoms with Gasteiger partial charge in [-0.2, -0.15) is 0 Å². The molecule has 0 bridgehead atoms. The summed E-state index contributed by atoms with van der Waals surface area (Å²) < 4.78 is 20.8. The van der Waals surface area contributed by atoms with Crippen molar-refractivity contribution in [3.05, 3.63) is 59.7 Å². The predicted octanol–water partition coefficient (Wildman–Crippen LogP) is 0.895. The van der Waals surface area contributed by atoms with Gasteiger partial charge in [-0.05, 0) is 54.5 Å². The zero-order valence-corrected chi connectivity index (χ0v) is 24.9. The van der Waals surface area contributed by atoms with E-state index in [0.717, 1.165) is 50.5 Å². The van der Waals surface area contributed by atoms with Gasteiger partial charge in [0.05, 0.1) is 13.5 Å². The van der Waals surface area contributed by atoms with E-state index in [-0.39, 0.29) is 11.1 Å². The number of ether oxygens (including phenoxy) is 4. The summed E-state index contributed by atoms with van der Waals surface area (Å²) in [4.78, 5) is 62.5. The molecule has 0 radical (unpaired) electrons. The molecule has 0 saturated heterocycles. The van der Waals surface area contributed by atoms with Gasteiger partial charge in [-0.3, -0.25) is 4.79 Å². The molecular formula is C31H32O16. The first kappa shape index (κ1) is 35.9. The molecule has 0 aliphatic heterocycles. The maximum atomic E-state index is 12.9. The fourth-order valence-corrected chi connectivity index (χ4v) is 4.56. The molecule has 16 nitrogen and oxygen atoms in total. The van der Waals surface area contributed by atoms with Crippen LogP contribution in [0.5, 0.6) is 23.0 Å². The zero-order chi connectivity index (χ0) is 35.1. The molecule has 0 aromatic heterocycles. The molecule has 3 rings (SSSR count). The van der Waals surface area contributed by atoms with Crippen molar-refractivity contribution in [1.29, 1.82) is 0 Å². The number of carbonyl (C=O) groups is 5. The van der Waals surface area contributed by atoms with Gasteiger partial charge in [0.25, 0.3) is 0 Å². The summed E-state index contributed by atoms with van der Waals surface area (Å²) in [5.74, 6) is -8.44. The average molecular weight is 661 g/mol. The fourth-order valence-electron chi connectivity index (χ4n) is 4.56. The summed E-state index contributed by atoms with van der Waals surface area (Å²) in [6, 6.07) is 7.21. The quantitative estimate of drug-likeness (QED) is 0.0763. The largest absolute Gasteiger partial charge is 0.504 e. The molecule has 47 heavy (non-hydrogen) atoms. The number of methoxy groups -OCH3 is 1. The maximum absolute atomic E-state index is 12.9. The molecule has 1 saturated carbocycles. The molecule has 252 valence electrons. The highest BCUT2D eigenvalue weighted by Crippen LogP contribution is 2.36. The molecule has 0 heterocycles. The number of aliphatic hydroxyl groups is 2. The highest BCUT2D eigenvalue weighted by atomic mass is 16.6. The highest BCUT2D eigenvalue weighted by Gasteiger charge is 2.55. The van der Waals surface area contributed by atoms with Crippen LogP contribution < -0.4 is 0 Å². The molecule has 1 fully saturated rings. The first-order valence-corrected chi connectivity index (χ1v) is 13.7. The topological polar surface area (TPSA) is 264 Å². The van der Waals surface area contributed by atoms with Crippen LogP contribution in [0.1, 0.15) is 37.3 Å². The predicted molar refractivity (Wildman–Crippen MR) is 156 cm³/mol. The lowest BCUT2D eigenvalue weighted by Crippen LogP contribution is -2.60. The fraction of sp³-hybridized carbons (Fsp3) is 0.323. The molecular weight excluding hydrogens is 628 g/mol. The Morgan fingerprint density at radius 1 is 0.809 bits per heavy atom. The minimum absolute atomic E-state index is 0.236. The van der Waals surface area contributed by atoms with Gasteiger partial charge in [-0.15, -0.1) is 0 Å². The third kappa shape index (κ3) is 9.44. The Bertz CT molecular complexity index is 1500. The minimum atomic E-state index is -2.62. The van der Waals surface area contributed by atoms with Crippen LogP contribution in [0.3, 0.4) is 0 Å². The van der Waals surface area contributed by atoms with Crippen LogP contribution >= 0.6 is 0 Å². The lowest BCUT2D eigenvalue weighted by Gasteiger charge is -2.43. The van der Waals surface area contributed by atoms with Gasteiger partial charge in [0.2, 0.25) is 0 Å². The lowest BCUT2D eigenvalue weighted by molar-refractivity contribution is -0.220. The molecule has 0 amide bonds. The van der Waals surface area contributed by atoms with Crippen molar-refractivity contribution in [3.8, 4) is 23.0 Å². The monoisotopic (exact) mass is 660 g/mol. The number of rotatable bonds is 11. The number of esters is 4. The first-order valence-electron chi connectivity index (χ1n) is 13.7. The van der Waals surface area contributed by atoms with E-state index in [0.29, 0.717) is 0 Å². The van der Waals surface area contributed by atoms with Crippen molar-refractivity contribution < 1.29 is 78.7 Å². The van der Waals surface area contributed by atoms with Gasteiger partial charge in [0, 0.05) is 25.0 Å². The van der Waals surface area contributed by atoms with Crippen LogP contribution in [0.15, 0.2) is 48.6 Å². The van der Waals surface area contributed by atoms with Crippen LogP contribution in [-0.2, 0) is 42.9 Å². The normalized spacial score (nSPS) is 22.3. The smallest absolute Gasteiger partial charge is 0.338 e. The van der Waals surface area contributed by atoms with Gasteiger partial charge in [-0.1, -0.05) is 12.1 Å². The van der Waals surface area contributed by atoms with E-state index >= 15 is 0 Å². The molecule has 3 atom stereocenters. The van der Waals surface area contributed by atoms with E-state index in [1.54, 1.807) is 0 Å². The molecule has 2 aromatic rings. The van der Waals surface area contributed by atoms with E-state index in [1.807, 2.05) is 0 Å². The standard InChI is InChI=1S/C31H32O16/c1-30(42,15-24(36)37)28(40)47-27-22(45-25(38)9-5-16-3-7-18(32)20(34)11-16)13-31(43,29(41)44-2)14-23(27)46-26(39)10-6-17-4-8-19(33)21(35)12-17/h3-12,22-23,27,32-35,42-43H,13-15H2,1-2H3,(H,36,37)/b9-5+,10-6+/t22-,23-,27?,30+,31?/m1/s1. The van der Waals surface area contributed by atoms with Crippen LogP contribution in [0, 0.1) is 0 Å². The molecule has 1 aliphatic rings. The number of phenolic OH excluding ortho intramolecular Hbond substituents is 4. The molecule has 16 heteroatoms. The summed E-state index contributed by atoms with van der Waals surface area (Å²) in [5, 5.41) is 69.1. The van der Waals surface area contributed by atoms with Gasteiger partial charge in [0.15, 0.2) is 40.3 Å². The first-order chi connectivity index (χ1) is 21.9. The number of hydrogen-bond acceptors (Lipinski definition) is 15. The summed E-state index contributed by atoms with van der Waals surface area (Å²) in [5.41, 5.74) is -4.62. The van der Waals surface area contributed by atoms with Gasteiger partial charge >= 0.3 is 29.8 Å². The Balaban J connectivity index is 1.97. The third-order valence-corrected chi connectivity index (χ3v) is 6.91. The lowest BCUT2D eigenvalue weighted by atomic mass is 9.79. The second-order valence-corrected chi connectivity index (χ2v) is 10.8. The Morgan fingerprint density at radius 3 is 1.64 bits per heavy atom. The number of benzene rings is 2. The Labute approximate surface area is 266 Å². The van der Waals surface area contributed by atoms with E-state index in [4.69, 9.17) is 19.3 Å². The summed E-state index contributed by atoms with van der Waals surface area (Å²) in [6.45, 7) is 0.838. The Kier molecular flexibility index (Phi) is 11.2. The third-order valence-electron chi connectivity index (χ3n) is 6.91. The van der Waals surface area contributed by atoms with Crippen LogP contribution in [0.4, 0.5) is 0 Å². The Hall–Kier alpha value is -5.61. The number of carbonyl (C=O) groups excluding carboxylic acids is 4. The number of carboxylic acids is 1. The average Bonchev–Trinajstić information content (AvgIpc) is 2.98. The number of hydrogen-bond donors (Lipinski definition) is 7. The van der Waals surface area contributed by atoms with Crippen molar-refractivity contribution >= 4 is 42.0 Å². The molecule has 1 aliphatic carbocycles. The van der Waals surface area contributed by atoms with Gasteiger partial charge in [0.1, 0.15) is 12.2 Å². The molecule has 2 aromatic carbocycles. The number of phenols is 4. The highest BCUT2D eigenvalue weighted by molar-refractivity contribution is 5.89. The van der Waals surface area contributed by atoms with E-state index in [1.165, 1.54) is 24.3 Å². The van der Waals surface area contributed by atoms with Crippen molar-refractivity contribution in [2.24, 2.45) is 0 Å². The minimum Gasteiger partial charge on any atom is -0.504 e. The Morgan fingerprint density at radius 2 is 1.26 bits per heavy atom. The van der Waals surface area contributed by atoms with Gasteiger partial charge in [-0.25, -0.2) is 19.2 Å². The van der Waals surface area contributed by atoms with Crippen LogP contribution in [0.25, 0.3) is 12.2 Å². The second-order valence-electron chi connectivity index (χ2n) is 10.8. The van der Waals surface area contributed by atoms with Gasteiger partial charge < -0.3 is 54.7 Å². The van der Waals surface area contributed by atoms with Crippen molar-refractivity contribution in [3.63, 3.8) is 0 Å². The van der Waals surface area contributed by atoms with E-state index < -0.39 is 102 Å². The number of aliphatic carboxylic acids is 1. The summed E-state index contributed by atoms with van der Waals surface area (Å²) in [7, 11) is 0.948. The SMILES string of the molecule is COC(=O)C1(O)C[C@@H](OC(=O)/C=C/c2ccc(O)c(O)c2)C(OC(=O)[C@@](C)(O)CC(=O)O)[C@H](OC(=O)/C=C/c2ccc(O)c(O)c2)C1.